The quantitative estimate of drug-likeness (QED) is 0.278. The molecule has 0 bridgehead atoms. The number of hydrogen-bond donors (Lipinski definition) is 0. The van der Waals surface area contributed by atoms with Crippen molar-refractivity contribution in [3.05, 3.63) is 121 Å². The molecule has 5 rings (SSSR count). The SMILES string of the molecule is c1ccc(Oc2nnnc(Oc3ccccc3)c2N(c2ccccc2)c2ccccc2)cc1. The lowest BCUT2D eigenvalue weighted by molar-refractivity contribution is 0.419. The maximum atomic E-state index is 6.18. The van der Waals surface area contributed by atoms with Crippen LogP contribution in [0.2, 0.25) is 0 Å². The summed E-state index contributed by atoms with van der Waals surface area (Å²) >= 11 is 0. The molecule has 5 aromatic rings. The number of aromatic nitrogens is 3. The van der Waals surface area contributed by atoms with Crippen LogP contribution in [0.15, 0.2) is 121 Å². The van der Waals surface area contributed by atoms with E-state index in [1.165, 1.54) is 0 Å². The third kappa shape index (κ3) is 4.65. The molecule has 6 nitrogen and oxygen atoms in total. The summed E-state index contributed by atoms with van der Waals surface area (Å²) in [5, 5.41) is 12.4. The van der Waals surface area contributed by atoms with Crippen LogP contribution >= 0.6 is 0 Å². The van der Waals surface area contributed by atoms with E-state index in [0.29, 0.717) is 17.2 Å². The molecule has 0 N–H and O–H groups in total. The largest absolute Gasteiger partial charge is 0.436 e. The summed E-state index contributed by atoms with van der Waals surface area (Å²) < 4.78 is 12.4. The van der Waals surface area contributed by atoms with E-state index in [-0.39, 0.29) is 11.8 Å². The molecular weight excluding hydrogens is 412 g/mol. The van der Waals surface area contributed by atoms with Crippen molar-refractivity contribution < 1.29 is 9.47 Å². The third-order valence-electron chi connectivity index (χ3n) is 4.84. The summed E-state index contributed by atoms with van der Waals surface area (Å²) in [7, 11) is 0. The molecule has 0 saturated heterocycles. The summed E-state index contributed by atoms with van der Waals surface area (Å²) in [5.74, 6) is 1.81. The van der Waals surface area contributed by atoms with Gasteiger partial charge in [0.1, 0.15) is 11.5 Å². The van der Waals surface area contributed by atoms with Gasteiger partial charge in [0, 0.05) is 11.4 Å². The fourth-order valence-corrected chi connectivity index (χ4v) is 3.38. The first-order chi connectivity index (χ1) is 16.4. The minimum atomic E-state index is 0.273. The zero-order chi connectivity index (χ0) is 22.3. The number of hydrogen-bond acceptors (Lipinski definition) is 6. The average molecular weight is 432 g/mol. The van der Waals surface area contributed by atoms with Gasteiger partial charge >= 0.3 is 0 Å². The predicted octanol–water partition coefficient (Wildman–Crippen LogP) is 6.93. The fraction of sp³-hybridized carbons (Fsp3) is 0. The molecule has 0 aliphatic heterocycles. The van der Waals surface area contributed by atoms with Gasteiger partial charge in [0.15, 0.2) is 5.69 Å². The minimum Gasteiger partial charge on any atom is -0.436 e. The molecule has 0 spiro atoms. The van der Waals surface area contributed by atoms with Gasteiger partial charge in [0.05, 0.1) is 0 Å². The monoisotopic (exact) mass is 432 g/mol. The molecule has 33 heavy (non-hydrogen) atoms. The Hall–Kier alpha value is -4.71. The van der Waals surface area contributed by atoms with E-state index >= 15 is 0 Å². The van der Waals surface area contributed by atoms with Crippen LogP contribution in [0, 0.1) is 0 Å². The van der Waals surface area contributed by atoms with E-state index in [4.69, 9.17) is 9.47 Å². The standard InChI is InChI=1S/C27H20N4O2/c1-5-13-21(14-6-1)31(22-15-7-2-8-16-22)25-26(32-23-17-9-3-10-18-23)28-30-29-27(25)33-24-19-11-4-12-20-24/h1-20H. The van der Waals surface area contributed by atoms with Crippen LogP contribution < -0.4 is 14.4 Å². The van der Waals surface area contributed by atoms with Gasteiger partial charge in [0.25, 0.3) is 11.8 Å². The van der Waals surface area contributed by atoms with E-state index < -0.39 is 0 Å². The highest BCUT2D eigenvalue weighted by Crippen LogP contribution is 2.45. The molecular formula is C27H20N4O2. The van der Waals surface area contributed by atoms with Crippen molar-refractivity contribution in [1.82, 2.24) is 15.4 Å². The second-order valence-corrected chi connectivity index (χ2v) is 7.09. The first-order valence-corrected chi connectivity index (χ1v) is 10.5. The molecule has 0 saturated carbocycles. The van der Waals surface area contributed by atoms with Gasteiger partial charge in [-0.05, 0) is 53.7 Å². The van der Waals surface area contributed by atoms with Crippen molar-refractivity contribution in [3.63, 3.8) is 0 Å². The predicted molar refractivity (Wildman–Crippen MR) is 128 cm³/mol. The summed E-state index contributed by atoms with van der Waals surface area (Å²) in [4.78, 5) is 2.00. The Morgan fingerprint density at radius 3 is 1.21 bits per heavy atom. The molecule has 0 aliphatic carbocycles. The van der Waals surface area contributed by atoms with Crippen LogP contribution in [-0.2, 0) is 0 Å². The molecule has 160 valence electrons. The summed E-state index contributed by atoms with van der Waals surface area (Å²) in [6, 6.07) is 38.8. The van der Waals surface area contributed by atoms with Crippen LogP contribution in [-0.4, -0.2) is 15.4 Å². The fourth-order valence-electron chi connectivity index (χ4n) is 3.38. The van der Waals surface area contributed by atoms with Gasteiger partial charge in [0.2, 0.25) is 0 Å². The van der Waals surface area contributed by atoms with Gasteiger partial charge in [-0.1, -0.05) is 83.0 Å². The van der Waals surface area contributed by atoms with Crippen molar-refractivity contribution in [1.29, 1.82) is 0 Å². The van der Waals surface area contributed by atoms with Gasteiger partial charge in [-0.15, -0.1) is 0 Å². The Balaban J connectivity index is 1.70. The summed E-state index contributed by atoms with van der Waals surface area (Å²) in [5.41, 5.74) is 2.33. The Labute approximate surface area is 191 Å². The van der Waals surface area contributed by atoms with E-state index in [1.807, 2.05) is 126 Å². The number of nitrogens with zero attached hydrogens (tertiary/aromatic N) is 4. The summed E-state index contributed by atoms with van der Waals surface area (Å²) in [6.07, 6.45) is 0. The van der Waals surface area contributed by atoms with Crippen LogP contribution in [0.3, 0.4) is 0 Å². The highest BCUT2D eigenvalue weighted by Gasteiger charge is 2.26. The Morgan fingerprint density at radius 1 is 0.455 bits per heavy atom. The van der Waals surface area contributed by atoms with Crippen LogP contribution in [0.4, 0.5) is 17.1 Å². The van der Waals surface area contributed by atoms with Crippen molar-refractivity contribution in [2.75, 3.05) is 4.90 Å². The molecule has 0 radical (unpaired) electrons. The zero-order valence-electron chi connectivity index (χ0n) is 17.7. The topological polar surface area (TPSA) is 60.4 Å². The Morgan fingerprint density at radius 2 is 0.818 bits per heavy atom. The molecule has 0 atom stereocenters. The first kappa shape index (κ1) is 20.2. The molecule has 6 heteroatoms. The minimum absolute atomic E-state index is 0.273. The van der Waals surface area contributed by atoms with Crippen molar-refractivity contribution in [2.24, 2.45) is 0 Å². The second kappa shape index (κ2) is 9.62. The van der Waals surface area contributed by atoms with Crippen molar-refractivity contribution >= 4 is 17.1 Å². The molecule has 0 aliphatic rings. The van der Waals surface area contributed by atoms with Gasteiger partial charge < -0.3 is 14.4 Å². The highest BCUT2D eigenvalue weighted by molar-refractivity contribution is 5.82. The molecule has 4 aromatic carbocycles. The van der Waals surface area contributed by atoms with E-state index in [0.717, 1.165) is 11.4 Å². The third-order valence-corrected chi connectivity index (χ3v) is 4.84. The molecule has 0 fully saturated rings. The lowest BCUT2D eigenvalue weighted by Crippen LogP contribution is -2.14. The first-order valence-electron chi connectivity index (χ1n) is 10.5. The van der Waals surface area contributed by atoms with Gasteiger partial charge in [-0.2, -0.15) is 0 Å². The second-order valence-electron chi connectivity index (χ2n) is 7.09. The molecule has 0 unspecified atom stereocenters. The molecule has 1 heterocycles. The zero-order valence-corrected chi connectivity index (χ0v) is 17.7. The normalized spacial score (nSPS) is 10.4. The number of anilines is 3. The highest BCUT2D eigenvalue weighted by atomic mass is 16.5. The van der Waals surface area contributed by atoms with Crippen molar-refractivity contribution in [2.45, 2.75) is 0 Å². The number of benzene rings is 4. The molecule has 1 aromatic heterocycles. The molecule has 0 amide bonds. The van der Waals surface area contributed by atoms with Crippen LogP contribution in [0.25, 0.3) is 0 Å². The lowest BCUT2D eigenvalue weighted by Gasteiger charge is -2.27. The maximum absolute atomic E-state index is 6.18. The maximum Gasteiger partial charge on any atom is 0.271 e. The smallest absolute Gasteiger partial charge is 0.271 e. The average Bonchev–Trinajstić information content (AvgIpc) is 2.88. The number of ether oxygens (including phenoxy) is 2. The van der Waals surface area contributed by atoms with E-state index in [2.05, 4.69) is 15.4 Å². The number of para-hydroxylation sites is 4. The van der Waals surface area contributed by atoms with Gasteiger partial charge in [-0.25, -0.2) is 0 Å². The summed E-state index contributed by atoms with van der Waals surface area (Å²) in [6.45, 7) is 0. The van der Waals surface area contributed by atoms with Crippen molar-refractivity contribution in [3.8, 4) is 23.3 Å². The lowest BCUT2D eigenvalue weighted by atomic mass is 10.2. The van der Waals surface area contributed by atoms with Crippen LogP contribution in [0.1, 0.15) is 0 Å². The van der Waals surface area contributed by atoms with Crippen LogP contribution in [0.5, 0.6) is 23.3 Å². The Bertz CT molecular complexity index is 1200. The number of rotatable bonds is 7. The van der Waals surface area contributed by atoms with Gasteiger partial charge in [-0.3, -0.25) is 0 Å². The van der Waals surface area contributed by atoms with E-state index in [1.54, 1.807) is 0 Å². The Kier molecular flexibility index (Phi) is 5.89. The van der Waals surface area contributed by atoms with E-state index in [9.17, 15) is 0 Å².